The largest absolute Gasteiger partial charge is 0.165 e. The Bertz CT molecular complexity index is 1390. The van der Waals surface area contributed by atoms with E-state index < -0.39 is 0 Å². The van der Waals surface area contributed by atoms with Crippen molar-refractivity contribution in [2.75, 3.05) is 5.75 Å². The maximum atomic E-state index is 4.11. The van der Waals surface area contributed by atoms with Gasteiger partial charge in [-0.25, -0.2) is 0 Å². The maximum Gasteiger partial charge on any atom is 0.165 e. The van der Waals surface area contributed by atoms with Gasteiger partial charge in [-0.2, -0.15) is 0 Å². The van der Waals surface area contributed by atoms with Gasteiger partial charge >= 0.3 is 0 Å². The van der Waals surface area contributed by atoms with Gasteiger partial charge in [0.1, 0.15) is 11.2 Å². The summed E-state index contributed by atoms with van der Waals surface area (Å²) in [6.45, 7) is 8.03. The molecule has 0 aliphatic carbocycles. The third-order valence-corrected chi connectivity index (χ3v) is 11.3. The summed E-state index contributed by atoms with van der Waals surface area (Å²) in [4.78, 5) is 7.62. The molecule has 0 spiro atoms. The van der Waals surface area contributed by atoms with Gasteiger partial charge in [0.05, 0.1) is 21.8 Å². The Labute approximate surface area is 256 Å². The fraction of sp³-hybridized carbons (Fsp3) is 0.0526. The van der Waals surface area contributed by atoms with Gasteiger partial charge in [0.15, 0.2) is 19.6 Å². The lowest BCUT2D eigenvalue weighted by Crippen LogP contribution is -2.07. The third-order valence-electron chi connectivity index (χ3n) is 5.99. The van der Waals surface area contributed by atoms with E-state index in [4.69, 9.17) is 0 Å². The predicted octanol–water partition coefficient (Wildman–Crippen LogP) is 10.8. The number of rotatable bonds is 14. The molecule has 0 saturated carbocycles. The summed E-state index contributed by atoms with van der Waals surface area (Å²) in [5.74, 6) is 0.948. The van der Waals surface area contributed by atoms with Crippen LogP contribution in [0.3, 0.4) is 0 Å². The second-order valence-electron chi connectivity index (χ2n) is 8.88. The molecule has 0 N–H and O–H groups in total. The molecule has 0 fully saturated rings. The highest BCUT2D eigenvalue weighted by atomic mass is 32.2. The zero-order valence-electron chi connectivity index (χ0n) is 23.2. The van der Waals surface area contributed by atoms with E-state index in [-0.39, 0.29) is 21.8 Å². The van der Waals surface area contributed by atoms with Crippen molar-refractivity contribution in [3.8, 4) is 0 Å². The van der Waals surface area contributed by atoms with Crippen LogP contribution in [0.15, 0.2) is 212 Å². The van der Waals surface area contributed by atoms with E-state index >= 15 is 0 Å². The molecule has 0 aromatic heterocycles. The van der Waals surface area contributed by atoms with Crippen LogP contribution in [0.5, 0.6) is 0 Å². The summed E-state index contributed by atoms with van der Waals surface area (Å²) in [5.41, 5.74) is 0. The Morgan fingerprint density at radius 3 is 1.59 bits per heavy atom. The van der Waals surface area contributed by atoms with Crippen LogP contribution in [0.25, 0.3) is 0 Å². The summed E-state index contributed by atoms with van der Waals surface area (Å²) in [6, 6.07) is 43.0. The molecule has 0 amide bonds. The monoisotopic (exact) mass is 588 g/mol. The highest BCUT2D eigenvalue weighted by Crippen LogP contribution is 2.30. The first kappa shape index (κ1) is 30.3. The highest BCUT2D eigenvalue weighted by molar-refractivity contribution is 8.07. The number of hydrogen-bond acceptors (Lipinski definition) is 1. The smallest absolute Gasteiger partial charge is 0.103 e. The first-order valence-corrected chi connectivity index (χ1v) is 17.1. The number of benzene rings is 4. The summed E-state index contributed by atoms with van der Waals surface area (Å²) < 4.78 is 0. The standard InChI is InChI=1S/C38H36S3/c1-3-5-20-34(22-19-32-41(37-27-14-8-15-28-37)38-29-16-9-17-30-38)39-33(4-2)21-18-31-40(35-23-10-6-11-24-35)36-25-12-7-13-26-36/h3-4,6-31H,1-2,5,32H2/q+2/b22-19-,31-18+,33-21+,34-20+. The normalized spacial score (nSPS) is 12.4. The van der Waals surface area contributed by atoms with Crippen molar-refractivity contribution in [1.82, 2.24) is 0 Å². The highest BCUT2D eigenvalue weighted by Gasteiger charge is 2.23. The van der Waals surface area contributed by atoms with Crippen LogP contribution < -0.4 is 0 Å². The maximum absolute atomic E-state index is 4.11. The zero-order chi connectivity index (χ0) is 28.5. The molecule has 0 radical (unpaired) electrons. The molecule has 204 valence electrons. The molecule has 4 aromatic rings. The number of thioether (sulfide) groups is 1. The Morgan fingerprint density at radius 1 is 0.634 bits per heavy atom. The van der Waals surface area contributed by atoms with E-state index in [2.05, 4.69) is 170 Å². The van der Waals surface area contributed by atoms with Crippen LogP contribution in [-0.2, 0) is 21.8 Å². The van der Waals surface area contributed by atoms with E-state index in [1.165, 1.54) is 24.5 Å². The van der Waals surface area contributed by atoms with Crippen molar-refractivity contribution >= 4 is 33.6 Å². The third kappa shape index (κ3) is 9.75. The number of allylic oxidation sites excluding steroid dienone is 6. The van der Waals surface area contributed by atoms with Gasteiger partial charge in [-0.3, -0.25) is 0 Å². The van der Waals surface area contributed by atoms with Crippen molar-refractivity contribution in [2.24, 2.45) is 0 Å². The predicted molar refractivity (Wildman–Crippen MR) is 185 cm³/mol. The zero-order valence-corrected chi connectivity index (χ0v) is 25.7. The average Bonchev–Trinajstić information content (AvgIpc) is 3.04. The van der Waals surface area contributed by atoms with Crippen molar-refractivity contribution in [3.05, 3.63) is 192 Å². The fourth-order valence-electron chi connectivity index (χ4n) is 4.02. The summed E-state index contributed by atoms with van der Waals surface area (Å²) in [7, 11) is -0.167. The quantitative estimate of drug-likeness (QED) is 0.0802. The lowest BCUT2D eigenvalue weighted by molar-refractivity contribution is 1.36. The van der Waals surface area contributed by atoms with Crippen LogP contribution in [0.4, 0.5) is 0 Å². The van der Waals surface area contributed by atoms with Gasteiger partial charge in [-0.1, -0.05) is 109 Å². The van der Waals surface area contributed by atoms with Gasteiger partial charge in [0.2, 0.25) is 0 Å². The van der Waals surface area contributed by atoms with Gasteiger partial charge in [-0.15, -0.1) is 6.58 Å². The molecular weight excluding hydrogens is 553 g/mol. The SMILES string of the molecule is C=CC/C=C(\C=C/C[S+](c1ccccc1)c1ccccc1)S/C(C=C)=C/C=C/[S+](c1ccccc1)c1ccccc1. The molecule has 0 aliphatic heterocycles. The van der Waals surface area contributed by atoms with Crippen molar-refractivity contribution < 1.29 is 0 Å². The van der Waals surface area contributed by atoms with Gasteiger partial charge in [-0.05, 0) is 79.3 Å². The van der Waals surface area contributed by atoms with Crippen LogP contribution in [0, 0.1) is 0 Å². The Balaban J connectivity index is 1.51. The molecule has 3 heteroatoms. The molecule has 4 aromatic carbocycles. The first-order valence-electron chi connectivity index (χ1n) is 13.6. The molecule has 0 atom stereocenters. The van der Waals surface area contributed by atoms with E-state index in [9.17, 15) is 0 Å². The van der Waals surface area contributed by atoms with E-state index in [1.807, 2.05) is 12.2 Å². The minimum atomic E-state index is -0.143. The Hall–Kier alpha value is -3.63. The Kier molecular flexibility index (Phi) is 12.8. The minimum Gasteiger partial charge on any atom is -0.103 e. The fourth-order valence-corrected chi connectivity index (χ4v) is 8.51. The lowest BCUT2D eigenvalue weighted by atomic mass is 10.3. The molecule has 41 heavy (non-hydrogen) atoms. The van der Waals surface area contributed by atoms with E-state index in [0.29, 0.717) is 0 Å². The minimum absolute atomic E-state index is 0.0230. The molecule has 0 aliphatic rings. The molecule has 0 bridgehead atoms. The number of hydrogen-bond donors (Lipinski definition) is 0. The molecule has 4 rings (SSSR count). The van der Waals surface area contributed by atoms with Crippen molar-refractivity contribution in [1.29, 1.82) is 0 Å². The lowest BCUT2D eigenvalue weighted by Gasteiger charge is -2.07. The summed E-state index contributed by atoms with van der Waals surface area (Å²) >= 11 is 1.74. The molecule has 0 unspecified atom stereocenters. The first-order chi connectivity index (χ1) is 20.3. The topological polar surface area (TPSA) is 0 Å². The van der Waals surface area contributed by atoms with Crippen LogP contribution >= 0.6 is 11.8 Å². The Morgan fingerprint density at radius 2 is 1.12 bits per heavy atom. The van der Waals surface area contributed by atoms with Crippen molar-refractivity contribution in [2.45, 2.75) is 26.0 Å². The second kappa shape index (κ2) is 17.2. The molecule has 0 saturated heterocycles. The van der Waals surface area contributed by atoms with Crippen LogP contribution in [0.2, 0.25) is 0 Å². The molecule has 0 heterocycles. The van der Waals surface area contributed by atoms with E-state index in [1.54, 1.807) is 11.8 Å². The average molecular weight is 589 g/mol. The summed E-state index contributed by atoms with van der Waals surface area (Å²) in [5, 5.41) is 2.29. The van der Waals surface area contributed by atoms with Crippen LogP contribution in [0.1, 0.15) is 6.42 Å². The van der Waals surface area contributed by atoms with Crippen molar-refractivity contribution in [3.63, 3.8) is 0 Å². The van der Waals surface area contributed by atoms with Gasteiger partial charge in [0.25, 0.3) is 0 Å². The molecular formula is C38H36S3+2. The van der Waals surface area contributed by atoms with E-state index in [0.717, 1.165) is 17.1 Å². The van der Waals surface area contributed by atoms with Gasteiger partial charge in [0, 0.05) is 9.81 Å². The second-order valence-corrected chi connectivity index (χ2v) is 14.0. The molecule has 0 nitrogen and oxygen atoms in total. The van der Waals surface area contributed by atoms with Gasteiger partial charge < -0.3 is 0 Å². The summed E-state index contributed by atoms with van der Waals surface area (Å²) in [6.07, 6.45) is 15.8. The van der Waals surface area contributed by atoms with Crippen LogP contribution in [-0.4, -0.2) is 5.75 Å².